The Kier molecular flexibility index (Phi) is 2.58. The van der Waals surface area contributed by atoms with Gasteiger partial charge in [0.2, 0.25) is 0 Å². The summed E-state index contributed by atoms with van der Waals surface area (Å²) in [5, 5.41) is 0. The Morgan fingerprint density at radius 1 is 0.579 bits per heavy atom. The van der Waals surface area contributed by atoms with E-state index >= 15 is 0 Å². The van der Waals surface area contributed by atoms with Crippen molar-refractivity contribution in [3.05, 3.63) is 58.7 Å². The van der Waals surface area contributed by atoms with E-state index < -0.39 is 0 Å². The first-order valence-electron chi connectivity index (χ1n) is 7.30. The first kappa shape index (κ1) is 11.1. The largest absolute Gasteiger partial charge is 0.457 e. The molecule has 96 valence electrons. The third-order valence-electron chi connectivity index (χ3n) is 4.38. The second kappa shape index (κ2) is 4.41. The third kappa shape index (κ3) is 2.03. The Balaban J connectivity index is 1.61. The molecule has 0 atom stereocenters. The third-order valence-corrected chi connectivity index (χ3v) is 4.38. The van der Waals surface area contributed by atoms with Gasteiger partial charge in [0.15, 0.2) is 0 Å². The van der Waals surface area contributed by atoms with E-state index in [9.17, 15) is 0 Å². The van der Waals surface area contributed by atoms with Crippen molar-refractivity contribution in [3.63, 3.8) is 0 Å². The summed E-state index contributed by atoms with van der Waals surface area (Å²) in [4.78, 5) is 0. The van der Waals surface area contributed by atoms with Crippen LogP contribution in [0.25, 0.3) is 0 Å². The lowest BCUT2D eigenvalue weighted by molar-refractivity contribution is 0.481. The predicted octanol–water partition coefficient (Wildman–Crippen LogP) is 4.46. The van der Waals surface area contributed by atoms with Crippen LogP contribution in [-0.4, -0.2) is 0 Å². The highest BCUT2D eigenvalue weighted by Gasteiger charge is 2.13. The Bertz CT molecular complexity index is 572. The molecule has 2 aliphatic carbocycles. The molecule has 0 amide bonds. The number of benzene rings is 2. The highest BCUT2D eigenvalue weighted by molar-refractivity contribution is 5.43. The van der Waals surface area contributed by atoms with Crippen molar-refractivity contribution in [2.75, 3.05) is 0 Å². The maximum atomic E-state index is 6.03. The van der Waals surface area contributed by atoms with E-state index in [1.54, 1.807) is 0 Å². The molecule has 0 N–H and O–H groups in total. The molecule has 0 radical (unpaired) electrons. The molecule has 0 aromatic heterocycles. The van der Waals surface area contributed by atoms with Gasteiger partial charge < -0.3 is 4.74 Å². The van der Waals surface area contributed by atoms with Crippen LogP contribution in [0.5, 0.6) is 11.5 Å². The van der Waals surface area contributed by atoms with Crippen LogP contribution in [0, 0.1) is 0 Å². The highest BCUT2D eigenvalue weighted by atomic mass is 16.5. The van der Waals surface area contributed by atoms with E-state index in [2.05, 4.69) is 36.4 Å². The summed E-state index contributed by atoms with van der Waals surface area (Å²) in [7, 11) is 0. The van der Waals surface area contributed by atoms with Gasteiger partial charge in [-0.1, -0.05) is 12.1 Å². The van der Waals surface area contributed by atoms with Gasteiger partial charge in [0.05, 0.1) is 0 Å². The van der Waals surface area contributed by atoms with Crippen LogP contribution < -0.4 is 4.74 Å². The van der Waals surface area contributed by atoms with E-state index in [-0.39, 0.29) is 0 Å². The van der Waals surface area contributed by atoms with E-state index in [1.165, 1.54) is 60.8 Å². The van der Waals surface area contributed by atoms with E-state index in [4.69, 9.17) is 4.74 Å². The van der Waals surface area contributed by atoms with Gasteiger partial charge in [-0.25, -0.2) is 0 Å². The fourth-order valence-electron chi connectivity index (χ4n) is 3.36. The van der Waals surface area contributed by atoms with Gasteiger partial charge >= 0.3 is 0 Å². The summed E-state index contributed by atoms with van der Waals surface area (Å²) in [5.74, 6) is 1.97. The highest BCUT2D eigenvalue weighted by Crippen LogP contribution is 2.31. The zero-order valence-electron chi connectivity index (χ0n) is 11.1. The van der Waals surface area contributed by atoms with Gasteiger partial charge in [0.25, 0.3) is 0 Å². The molecule has 0 spiro atoms. The van der Waals surface area contributed by atoms with Crippen LogP contribution in [0.2, 0.25) is 0 Å². The van der Waals surface area contributed by atoms with Crippen molar-refractivity contribution in [2.45, 2.75) is 38.5 Å². The maximum absolute atomic E-state index is 6.03. The zero-order valence-corrected chi connectivity index (χ0v) is 11.1. The molecule has 2 aromatic rings. The minimum atomic E-state index is 0.985. The van der Waals surface area contributed by atoms with Gasteiger partial charge in [-0.3, -0.25) is 0 Å². The van der Waals surface area contributed by atoms with Crippen molar-refractivity contribution in [1.82, 2.24) is 0 Å². The van der Waals surface area contributed by atoms with Gasteiger partial charge in [0, 0.05) is 0 Å². The molecule has 0 saturated heterocycles. The van der Waals surface area contributed by atoms with Crippen molar-refractivity contribution in [3.8, 4) is 11.5 Å². The predicted molar refractivity (Wildman–Crippen MR) is 77.0 cm³/mol. The van der Waals surface area contributed by atoms with Crippen molar-refractivity contribution in [2.24, 2.45) is 0 Å². The smallest absolute Gasteiger partial charge is 0.127 e. The molecule has 2 aliphatic rings. The lowest BCUT2D eigenvalue weighted by atomic mass is 10.1. The quantitative estimate of drug-likeness (QED) is 0.764. The SMILES string of the molecule is c1cc2c(cc1Oc1ccc3c(c1)CCC3)CCC2. The van der Waals surface area contributed by atoms with Crippen molar-refractivity contribution in [1.29, 1.82) is 0 Å². The van der Waals surface area contributed by atoms with Crippen molar-refractivity contribution < 1.29 is 4.74 Å². The molecule has 0 aliphatic heterocycles. The number of hydrogen-bond donors (Lipinski definition) is 0. The Morgan fingerprint density at radius 3 is 1.58 bits per heavy atom. The summed E-state index contributed by atoms with van der Waals surface area (Å²) < 4.78 is 6.03. The minimum Gasteiger partial charge on any atom is -0.457 e. The molecule has 2 aromatic carbocycles. The molecule has 1 heteroatoms. The standard InChI is InChI=1S/C18H18O/c1-3-13-7-9-17(11-15(13)5-1)19-18-10-8-14-4-2-6-16(14)12-18/h7-12H,1-6H2. The van der Waals surface area contributed by atoms with E-state index in [1.807, 2.05) is 0 Å². The second-order valence-corrected chi connectivity index (χ2v) is 5.67. The summed E-state index contributed by atoms with van der Waals surface area (Å²) >= 11 is 0. The van der Waals surface area contributed by atoms with E-state index in [0.29, 0.717) is 0 Å². The Labute approximate surface area is 114 Å². The number of rotatable bonds is 2. The maximum Gasteiger partial charge on any atom is 0.127 e. The average Bonchev–Trinajstić information content (AvgIpc) is 3.05. The van der Waals surface area contributed by atoms with Gasteiger partial charge in [-0.05, 0) is 85.0 Å². The molecular formula is C18H18O. The topological polar surface area (TPSA) is 9.23 Å². The van der Waals surface area contributed by atoms with E-state index in [0.717, 1.165) is 11.5 Å². The van der Waals surface area contributed by atoms with Crippen LogP contribution in [0.1, 0.15) is 35.1 Å². The monoisotopic (exact) mass is 250 g/mol. The molecule has 0 heterocycles. The lowest BCUT2D eigenvalue weighted by Gasteiger charge is -2.09. The molecule has 4 rings (SSSR count). The summed E-state index contributed by atoms with van der Waals surface area (Å²) in [6.07, 6.45) is 7.45. The number of fused-ring (bicyclic) bond motifs is 2. The lowest BCUT2D eigenvalue weighted by Crippen LogP contribution is -1.89. The number of aryl methyl sites for hydroxylation is 4. The average molecular weight is 250 g/mol. The normalized spacial score (nSPS) is 16.2. The number of ether oxygens (including phenoxy) is 1. The molecule has 0 fully saturated rings. The van der Waals surface area contributed by atoms with Crippen LogP contribution >= 0.6 is 0 Å². The van der Waals surface area contributed by atoms with Gasteiger partial charge in [0.1, 0.15) is 11.5 Å². The Hall–Kier alpha value is -1.76. The van der Waals surface area contributed by atoms with Gasteiger partial charge in [-0.2, -0.15) is 0 Å². The molecule has 1 nitrogen and oxygen atoms in total. The Morgan fingerprint density at radius 2 is 1.05 bits per heavy atom. The fourth-order valence-corrected chi connectivity index (χ4v) is 3.36. The minimum absolute atomic E-state index is 0.985. The summed E-state index contributed by atoms with van der Waals surface area (Å²) in [5.41, 5.74) is 5.94. The summed E-state index contributed by atoms with van der Waals surface area (Å²) in [6, 6.07) is 13.1. The fraction of sp³-hybridized carbons (Fsp3) is 0.333. The molecule has 0 bridgehead atoms. The molecule has 0 unspecified atom stereocenters. The zero-order chi connectivity index (χ0) is 12.7. The molecular weight excluding hydrogens is 232 g/mol. The van der Waals surface area contributed by atoms with Crippen LogP contribution in [0.4, 0.5) is 0 Å². The first-order chi connectivity index (χ1) is 9.38. The molecule has 19 heavy (non-hydrogen) atoms. The first-order valence-corrected chi connectivity index (χ1v) is 7.30. The van der Waals surface area contributed by atoms with Crippen LogP contribution in [0.3, 0.4) is 0 Å². The van der Waals surface area contributed by atoms with Crippen LogP contribution in [-0.2, 0) is 25.7 Å². The van der Waals surface area contributed by atoms with Gasteiger partial charge in [-0.15, -0.1) is 0 Å². The van der Waals surface area contributed by atoms with Crippen molar-refractivity contribution >= 4 is 0 Å². The summed E-state index contributed by atoms with van der Waals surface area (Å²) in [6.45, 7) is 0. The van der Waals surface area contributed by atoms with Crippen LogP contribution in [0.15, 0.2) is 36.4 Å². The molecule has 0 saturated carbocycles. The second-order valence-electron chi connectivity index (χ2n) is 5.67. The number of hydrogen-bond acceptors (Lipinski definition) is 1.